The van der Waals surface area contributed by atoms with E-state index in [1.807, 2.05) is 51.1 Å². The van der Waals surface area contributed by atoms with Crippen molar-refractivity contribution in [3.05, 3.63) is 137 Å². The SMILES string of the molecule is Cc1ccc(C(=O)O[C@@H]2[C@@H](OC(=O)c3ccc(C)cc3)[C@H](Sc3ccccc3)O[C@H](CO)[C@H]2OC(=O)c2ccc(C)cc2)cc1. The van der Waals surface area contributed by atoms with Crippen molar-refractivity contribution in [1.29, 1.82) is 0 Å². The number of hydrogen-bond donors (Lipinski definition) is 1. The van der Waals surface area contributed by atoms with Gasteiger partial charge in [-0.25, -0.2) is 14.4 Å². The molecule has 0 aromatic heterocycles. The van der Waals surface area contributed by atoms with Crippen molar-refractivity contribution in [3.8, 4) is 0 Å². The topological polar surface area (TPSA) is 108 Å². The monoisotopic (exact) mass is 626 g/mol. The van der Waals surface area contributed by atoms with E-state index in [4.69, 9.17) is 18.9 Å². The minimum absolute atomic E-state index is 0.257. The van der Waals surface area contributed by atoms with Crippen LogP contribution in [-0.2, 0) is 18.9 Å². The first-order valence-corrected chi connectivity index (χ1v) is 15.4. The first-order valence-electron chi connectivity index (χ1n) is 14.5. The molecule has 1 saturated heterocycles. The summed E-state index contributed by atoms with van der Waals surface area (Å²) in [6.45, 7) is 5.13. The number of aliphatic hydroxyl groups is 1. The Morgan fingerprint density at radius 3 is 1.42 bits per heavy atom. The molecule has 5 atom stereocenters. The molecule has 9 heteroatoms. The lowest BCUT2D eigenvalue weighted by molar-refractivity contribution is -0.207. The first-order chi connectivity index (χ1) is 21.7. The van der Waals surface area contributed by atoms with Gasteiger partial charge in [-0.05, 0) is 69.3 Å². The number of aliphatic hydroxyl groups excluding tert-OH is 1. The maximum absolute atomic E-state index is 13.5. The summed E-state index contributed by atoms with van der Waals surface area (Å²) >= 11 is 1.24. The molecule has 0 radical (unpaired) electrons. The number of carbonyl (C=O) groups excluding carboxylic acids is 3. The quantitative estimate of drug-likeness (QED) is 0.174. The molecule has 0 spiro atoms. The van der Waals surface area contributed by atoms with E-state index >= 15 is 0 Å². The fraction of sp³-hybridized carbons (Fsp3) is 0.250. The van der Waals surface area contributed by atoms with Crippen molar-refractivity contribution in [2.45, 2.75) is 55.5 Å². The molecule has 45 heavy (non-hydrogen) atoms. The lowest BCUT2D eigenvalue weighted by Gasteiger charge is -2.44. The molecule has 1 N–H and O–H groups in total. The van der Waals surface area contributed by atoms with Gasteiger partial charge >= 0.3 is 17.9 Å². The van der Waals surface area contributed by atoms with Crippen molar-refractivity contribution in [2.24, 2.45) is 0 Å². The zero-order chi connectivity index (χ0) is 31.9. The summed E-state index contributed by atoms with van der Waals surface area (Å²) in [7, 11) is 0. The van der Waals surface area contributed by atoms with Gasteiger partial charge < -0.3 is 24.1 Å². The summed E-state index contributed by atoms with van der Waals surface area (Å²) in [4.78, 5) is 41.2. The molecule has 8 nitrogen and oxygen atoms in total. The minimum Gasteiger partial charge on any atom is -0.452 e. The van der Waals surface area contributed by atoms with E-state index in [9.17, 15) is 19.5 Å². The molecule has 4 aromatic rings. The van der Waals surface area contributed by atoms with Crippen LogP contribution in [0.2, 0.25) is 0 Å². The van der Waals surface area contributed by atoms with Crippen molar-refractivity contribution >= 4 is 29.7 Å². The molecule has 0 saturated carbocycles. The van der Waals surface area contributed by atoms with E-state index in [0.717, 1.165) is 21.6 Å². The van der Waals surface area contributed by atoms with Gasteiger partial charge in [0.25, 0.3) is 0 Å². The van der Waals surface area contributed by atoms with Crippen LogP contribution in [0, 0.1) is 20.8 Å². The van der Waals surface area contributed by atoms with Crippen LogP contribution in [0.15, 0.2) is 108 Å². The number of ether oxygens (including phenoxy) is 4. The molecule has 0 unspecified atom stereocenters. The second-order valence-corrected chi connectivity index (χ2v) is 12.0. The summed E-state index contributed by atoms with van der Waals surface area (Å²) in [5, 5.41) is 10.5. The Morgan fingerprint density at radius 2 is 1.00 bits per heavy atom. The van der Waals surface area contributed by atoms with Gasteiger partial charge in [0.1, 0.15) is 11.5 Å². The largest absolute Gasteiger partial charge is 0.452 e. The molecule has 1 heterocycles. The average Bonchev–Trinajstić information content (AvgIpc) is 3.04. The van der Waals surface area contributed by atoms with Crippen LogP contribution >= 0.6 is 11.8 Å². The number of aryl methyl sites for hydroxylation is 3. The van der Waals surface area contributed by atoms with Gasteiger partial charge in [0.05, 0.1) is 23.3 Å². The maximum Gasteiger partial charge on any atom is 0.338 e. The highest BCUT2D eigenvalue weighted by Crippen LogP contribution is 2.38. The Labute approximate surface area is 266 Å². The third kappa shape index (κ3) is 7.99. The number of thioether (sulfide) groups is 1. The van der Waals surface area contributed by atoms with Crippen LogP contribution in [0.1, 0.15) is 47.8 Å². The fourth-order valence-electron chi connectivity index (χ4n) is 4.80. The lowest BCUT2D eigenvalue weighted by atomic mass is 9.98. The van der Waals surface area contributed by atoms with Gasteiger partial charge in [-0.15, -0.1) is 0 Å². The van der Waals surface area contributed by atoms with Gasteiger partial charge in [-0.2, -0.15) is 0 Å². The van der Waals surface area contributed by atoms with Crippen LogP contribution < -0.4 is 0 Å². The molecule has 1 aliphatic rings. The molecule has 0 bridgehead atoms. The molecule has 1 fully saturated rings. The smallest absolute Gasteiger partial charge is 0.338 e. The van der Waals surface area contributed by atoms with Gasteiger partial charge in [0.2, 0.25) is 0 Å². The Hall–Kier alpha value is -4.44. The summed E-state index contributed by atoms with van der Waals surface area (Å²) in [5.74, 6) is -2.10. The summed E-state index contributed by atoms with van der Waals surface area (Å²) in [5.41, 5.74) is 2.72. The molecular formula is C36H34O8S. The summed E-state index contributed by atoms with van der Waals surface area (Å²) in [6, 6.07) is 29.7. The van der Waals surface area contributed by atoms with E-state index < -0.39 is 54.4 Å². The molecule has 0 amide bonds. The number of rotatable bonds is 9. The molecule has 0 aliphatic carbocycles. The van der Waals surface area contributed by atoms with Crippen LogP contribution in [0.3, 0.4) is 0 Å². The van der Waals surface area contributed by atoms with Gasteiger partial charge in [0.15, 0.2) is 18.3 Å². The first kappa shape index (κ1) is 32.0. The Bertz CT molecular complexity index is 1600. The zero-order valence-electron chi connectivity index (χ0n) is 25.1. The predicted octanol–water partition coefficient (Wildman–Crippen LogP) is 6.10. The van der Waals surface area contributed by atoms with Gasteiger partial charge in [-0.1, -0.05) is 83.0 Å². The van der Waals surface area contributed by atoms with Crippen molar-refractivity contribution in [1.82, 2.24) is 0 Å². The molecular weight excluding hydrogens is 592 g/mol. The highest BCUT2D eigenvalue weighted by Gasteiger charge is 2.52. The third-order valence-corrected chi connectivity index (χ3v) is 8.51. The van der Waals surface area contributed by atoms with Crippen molar-refractivity contribution < 1.29 is 38.4 Å². The number of esters is 3. The molecule has 1 aliphatic heterocycles. The Kier molecular flexibility index (Phi) is 10.3. The second-order valence-electron chi connectivity index (χ2n) is 10.9. The molecule has 232 valence electrons. The molecule has 4 aromatic carbocycles. The predicted molar refractivity (Wildman–Crippen MR) is 169 cm³/mol. The average molecular weight is 627 g/mol. The number of benzene rings is 4. The van der Waals surface area contributed by atoms with Gasteiger partial charge in [-0.3, -0.25) is 0 Å². The van der Waals surface area contributed by atoms with Crippen LogP contribution in [0.25, 0.3) is 0 Å². The van der Waals surface area contributed by atoms with Crippen LogP contribution in [-0.4, -0.2) is 59.5 Å². The van der Waals surface area contributed by atoms with Crippen molar-refractivity contribution in [3.63, 3.8) is 0 Å². The highest BCUT2D eigenvalue weighted by molar-refractivity contribution is 7.99. The van der Waals surface area contributed by atoms with E-state index in [-0.39, 0.29) is 16.7 Å². The van der Waals surface area contributed by atoms with Crippen LogP contribution in [0.5, 0.6) is 0 Å². The van der Waals surface area contributed by atoms with Crippen LogP contribution in [0.4, 0.5) is 0 Å². The lowest BCUT2D eigenvalue weighted by Crippen LogP contribution is -2.61. The second kappa shape index (κ2) is 14.6. The van der Waals surface area contributed by atoms with E-state index in [1.54, 1.807) is 72.8 Å². The molecule has 5 rings (SSSR count). The Morgan fingerprint density at radius 1 is 0.600 bits per heavy atom. The van der Waals surface area contributed by atoms with E-state index in [2.05, 4.69) is 0 Å². The van der Waals surface area contributed by atoms with E-state index in [0.29, 0.717) is 0 Å². The number of carbonyl (C=O) groups is 3. The normalized spacial score (nSPS) is 21.0. The minimum atomic E-state index is -1.34. The Balaban J connectivity index is 1.54. The fourth-order valence-corrected chi connectivity index (χ4v) is 5.92. The number of hydrogen-bond acceptors (Lipinski definition) is 9. The highest BCUT2D eigenvalue weighted by atomic mass is 32.2. The maximum atomic E-state index is 13.5. The summed E-state index contributed by atoms with van der Waals surface area (Å²) < 4.78 is 24.3. The van der Waals surface area contributed by atoms with Crippen molar-refractivity contribution in [2.75, 3.05) is 6.61 Å². The van der Waals surface area contributed by atoms with Gasteiger partial charge in [0, 0.05) is 4.90 Å². The standard InChI is InChI=1S/C36H34O8S/c1-22-9-15-25(16-10-22)33(38)42-30-29(21-37)41-36(45-28-7-5-4-6-8-28)32(44-35(40)27-19-13-24(3)14-20-27)31(30)43-34(39)26-17-11-23(2)12-18-26/h4-20,29-32,36-37H,21H2,1-3H3/t29-,30-,31+,32-,36+/m1/s1. The zero-order valence-corrected chi connectivity index (χ0v) is 25.9. The third-order valence-electron chi connectivity index (χ3n) is 7.36. The summed E-state index contributed by atoms with van der Waals surface area (Å²) in [6.07, 6.45) is -5.00. The van der Waals surface area contributed by atoms with E-state index in [1.165, 1.54) is 11.8 Å².